The Bertz CT molecular complexity index is 560. The number of carbonyl (C=O) groups excluding carboxylic acids is 2. The summed E-state index contributed by atoms with van der Waals surface area (Å²) in [6, 6.07) is 7.72. The van der Waals surface area contributed by atoms with Crippen molar-refractivity contribution in [1.29, 1.82) is 0 Å². The minimum Gasteiger partial charge on any atom is -0.356 e. The van der Waals surface area contributed by atoms with Crippen molar-refractivity contribution in [2.75, 3.05) is 25.4 Å². The third-order valence-electron chi connectivity index (χ3n) is 4.15. The molecule has 1 aliphatic heterocycles. The topological polar surface area (TPSA) is 49.4 Å². The van der Waals surface area contributed by atoms with E-state index in [0.717, 1.165) is 42.1 Å². The first-order chi connectivity index (χ1) is 11.6. The molecule has 0 bridgehead atoms. The van der Waals surface area contributed by atoms with E-state index in [0.29, 0.717) is 18.8 Å². The molecule has 1 aliphatic rings. The predicted octanol–water partition coefficient (Wildman–Crippen LogP) is 3.34. The summed E-state index contributed by atoms with van der Waals surface area (Å²) in [6.45, 7) is 4.14. The molecular formula is C18H25ClN2O2S. The van der Waals surface area contributed by atoms with Crippen molar-refractivity contribution < 1.29 is 9.59 Å². The van der Waals surface area contributed by atoms with Crippen LogP contribution in [0, 0.1) is 5.92 Å². The summed E-state index contributed by atoms with van der Waals surface area (Å²) in [5.74, 6) is 1.61. The van der Waals surface area contributed by atoms with E-state index >= 15 is 0 Å². The summed E-state index contributed by atoms with van der Waals surface area (Å²) < 4.78 is 0. The zero-order chi connectivity index (χ0) is 17.4. The Balaban J connectivity index is 1.68. The summed E-state index contributed by atoms with van der Waals surface area (Å²) in [6.07, 6.45) is 2.48. The summed E-state index contributed by atoms with van der Waals surface area (Å²) in [7, 11) is 0. The van der Waals surface area contributed by atoms with Crippen molar-refractivity contribution in [2.45, 2.75) is 31.9 Å². The lowest BCUT2D eigenvalue weighted by Gasteiger charge is -2.31. The fourth-order valence-corrected chi connectivity index (χ4v) is 3.85. The van der Waals surface area contributed by atoms with Gasteiger partial charge < -0.3 is 10.2 Å². The zero-order valence-corrected chi connectivity index (χ0v) is 15.7. The molecule has 0 spiro atoms. The van der Waals surface area contributed by atoms with Crippen molar-refractivity contribution in [1.82, 2.24) is 10.2 Å². The van der Waals surface area contributed by atoms with Crippen LogP contribution in [0.2, 0.25) is 5.02 Å². The van der Waals surface area contributed by atoms with Gasteiger partial charge in [0.15, 0.2) is 0 Å². The lowest BCUT2D eigenvalue weighted by atomic mass is 9.96. The lowest BCUT2D eigenvalue weighted by Crippen LogP contribution is -2.43. The Hall–Kier alpha value is -1.20. The SMILES string of the molecule is CCCNC(=O)C1CCN(C(=O)CSCc2cccc(Cl)c2)CC1. The second kappa shape index (κ2) is 9.94. The van der Waals surface area contributed by atoms with Crippen molar-refractivity contribution in [3.05, 3.63) is 34.9 Å². The lowest BCUT2D eigenvalue weighted by molar-refractivity contribution is -0.133. The molecule has 0 radical (unpaired) electrons. The number of rotatable bonds is 7. The van der Waals surface area contributed by atoms with Gasteiger partial charge in [-0.3, -0.25) is 9.59 Å². The van der Waals surface area contributed by atoms with Gasteiger partial charge in [0.25, 0.3) is 0 Å². The van der Waals surface area contributed by atoms with E-state index in [-0.39, 0.29) is 17.7 Å². The molecule has 6 heteroatoms. The van der Waals surface area contributed by atoms with Crippen molar-refractivity contribution in [3.8, 4) is 0 Å². The molecule has 24 heavy (non-hydrogen) atoms. The number of nitrogens with one attached hydrogen (secondary N) is 1. The van der Waals surface area contributed by atoms with Crippen LogP contribution in [0.4, 0.5) is 0 Å². The van der Waals surface area contributed by atoms with Gasteiger partial charge in [-0.25, -0.2) is 0 Å². The third-order valence-corrected chi connectivity index (χ3v) is 5.37. The molecule has 0 aromatic heterocycles. The van der Waals surface area contributed by atoms with Crippen molar-refractivity contribution in [3.63, 3.8) is 0 Å². The Morgan fingerprint density at radius 1 is 1.33 bits per heavy atom. The summed E-state index contributed by atoms with van der Waals surface area (Å²) in [5, 5.41) is 3.67. The largest absolute Gasteiger partial charge is 0.356 e. The van der Waals surface area contributed by atoms with E-state index in [1.165, 1.54) is 0 Å². The molecule has 1 saturated heterocycles. The number of likely N-dealkylation sites (tertiary alicyclic amines) is 1. The van der Waals surface area contributed by atoms with Crippen LogP contribution >= 0.6 is 23.4 Å². The highest BCUT2D eigenvalue weighted by molar-refractivity contribution is 7.99. The number of benzene rings is 1. The van der Waals surface area contributed by atoms with E-state index in [9.17, 15) is 9.59 Å². The fourth-order valence-electron chi connectivity index (χ4n) is 2.76. The summed E-state index contributed by atoms with van der Waals surface area (Å²) in [4.78, 5) is 26.1. The van der Waals surface area contributed by atoms with Crippen LogP contribution in [0.5, 0.6) is 0 Å². The molecular weight excluding hydrogens is 344 g/mol. The van der Waals surface area contributed by atoms with Gasteiger partial charge in [-0.15, -0.1) is 11.8 Å². The fraction of sp³-hybridized carbons (Fsp3) is 0.556. The Labute approximate surface area is 153 Å². The molecule has 1 fully saturated rings. The first-order valence-corrected chi connectivity index (χ1v) is 10.0. The third kappa shape index (κ3) is 6.02. The highest BCUT2D eigenvalue weighted by Crippen LogP contribution is 2.20. The molecule has 0 saturated carbocycles. The van der Waals surface area contributed by atoms with Gasteiger partial charge in [-0.05, 0) is 37.0 Å². The van der Waals surface area contributed by atoms with Crippen LogP contribution < -0.4 is 5.32 Å². The monoisotopic (exact) mass is 368 g/mol. The Morgan fingerprint density at radius 3 is 2.75 bits per heavy atom. The molecule has 4 nitrogen and oxygen atoms in total. The molecule has 132 valence electrons. The van der Waals surface area contributed by atoms with Gasteiger partial charge in [0, 0.05) is 36.3 Å². The number of hydrogen-bond donors (Lipinski definition) is 1. The molecule has 1 N–H and O–H groups in total. The number of nitrogens with zero attached hydrogens (tertiary/aromatic N) is 1. The standard InChI is InChI=1S/C18H25ClN2O2S/c1-2-8-20-18(23)15-6-9-21(10-7-15)17(22)13-24-12-14-4-3-5-16(19)11-14/h3-5,11,15H,2,6-10,12-13H2,1H3,(H,20,23). The molecule has 0 unspecified atom stereocenters. The number of thioether (sulfide) groups is 1. The maximum atomic E-state index is 12.3. The van der Waals surface area contributed by atoms with Crippen LogP contribution in [0.25, 0.3) is 0 Å². The van der Waals surface area contributed by atoms with Crippen LogP contribution in [0.15, 0.2) is 24.3 Å². The van der Waals surface area contributed by atoms with Crippen molar-refractivity contribution in [2.24, 2.45) is 5.92 Å². The van der Waals surface area contributed by atoms with Gasteiger partial charge in [0.1, 0.15) is 0 Å². The quantitative estimate of drug-likeness (QED) is 0.803. The number of piperidine rings is 1. The molecule has 2 rings (SSSR count). The van der Waals surface area contributed by atoms with Gasteiger partial charge in [-0.2, -0.15) is 0 Å². The molecule has 0 atom stereocenters. The number of hydrogen-bond acceptors (Lipinski definition) is 3. The minimum atomic E-state index is 0.0553. The summed E-state index contributed by atoms with van der Waals surface area (Å²) in [5.41, 5.74) is 1.13. The van der Waals surface area contributed by atoms with Gasteiger partial charge >= 0.3 is 0 Å². The van der Waals surface area contributed by atoms with E-state index in [2.05, 4.69) is 5.32 Å². The highest BCUT2D eigenvalue weighted by atomic mass is 35.5. The molecule has 1 aromatic carbocycles. The van der Waals surface area contributed by atoms with Gasteiger partial charge in [0.2, 0.25) is 11.8 Å². The van der Waals surface area contributed by atoms with Crippen LogP contribution in [-0.2, 0) is 15.3 Å². The average molecular weight is 369 g/mol. The first kappa shape index (κ1) is 19.1. The average Bonchev–Trinajstić information content (AvgIpc) is 2.60. The van der Waals surface area contributed by atoms with Gasteiger partial charge in [-0.1, -0.05) is 30.7 Å². The minimum absolute atomic E-state index is 0.0553. The van der Waals surface area contributed by atoms with Crippen LogP contribution in [0.3, 0.4) is 0 Å². The smallest absolute Gasteiger partial charge is 0.232 e. The Morgan fingerprint density at radius 2 is 2.08 bits per heavy atom. The second-order valence-electron chi connectivity index (χ2n) is 6.07. The maximum absolute atomic E-state index is 12.3. The molecule has 0 aliphatic carbocycles. The normalized spacial score (nSPS) is 15.3. The molecule has 1 heterocycles. The van der Waals surface area contributed by atoms with Crippen LogP contribution in [0.1, 0.15) is 31.7 Å². The first-order valence-electron chi connectivity index (χ1n) is 8.47. The van der Waals surface area contributed by atoms with E-state index in [1.54, 1.807) is 11.8 Å². The highest BCUT2D eigenvalue weighted by Gasteiger charge is 2.26. The van der Waals surface area contributed by atoms with E-state index < -0.39 is 0 Å². The summed E-state index contributed by atoms with van der Waals surface area (Å²) >= 11 is 7.57. The number of amides is 2. The maximum Gasteiger partial charge on any atom is 0.232 e. The predicted molar refractivity (Wildman–Crippen MR) is 100 cm³/mol. The van der Waals surface area contributed by atoms with Crippen LogP contribution in [-0.4, -0.2) is 42.1 Å². The Kier molecular flexibility index (Phi) is 7.92. The molecule has 1 aromatic rings. The van der Waals surface area contributed by atoms with E-state index in [4.69, 9.17) is 11.6 Å². The van der Waals surface area contributed by atoms with Gasteiger partial charge in [0.05, 0.1) is 5.75 Å². The second-order valence-corrected chi connectivity index (χ2v) is 7.49. The van der Waals surface area contributed by atoms with Crippen molar-refractivity contribution >= 4 is 35.2 Å². The number of carbonyl (C=O) groups is 2. The molecule has 2 amide bonds. The zero-order valence-electron chi connectivity index (χ0n) is 14.1. The van der Waals surface area contributed by atoms with E-state index in [1.807, 2.05) is 36.1 Å². The number of halogens is 1.